The number of rotatable bonds is 3. The van der Waals surface area contributed by atoms with Crippen molar-refractivity contribution >= 4 is 22.7 Å². The lowest BCUT2D eigenvalue weighted by molar-refractivity contribution is -0.144. The van der Waals surface area contributed by atoms with Crippen molar-refractivity contribution in [2.45, 2.75) is 32.1 Å². The fraction of sp³-hybridized carbons (Fsp3) is 0.500. The van der Waals surface area contributed by atoms with Crippen LogP contribution in [0.1, 0.15) is 31.2 Å². The van der Waals surface area contributed by atoms with Gasteiger partial charge in [0.2, 0.25) is 11.8 Å². The van der Waals surface area contributed by atoms with Gasteiger partial charge in [-0.25, -0.2) is 0 Å². The smallest absolute Gasteiger partial charge is 0.230 e. The molecule has 25 heavy (non-hydrogen) atoms. The molecule has 2 saturated heterocycles. The molecule has 1 N–H and O–H groups in total. The van der Waals surface area contributed by atoms with E-state index in [1.807, 2.05) is 35.2 Å². The van der Waals surface area contributed by atoms with Gasteiger partial charge in [0.15, 0.2) is 0 Å². The number of amides is 2. The number of aromatic nitrogens is 1. The van der Waals surface area contributed by atoms with Gasteiger partial charge in [-0.3, -0.25) is 9.59 Å². The summed E-state index contributed by atoms with van der Waals surface area (Å²) in [4.78, 5) is 32.3. The summed E-state index contributed by atoms with van der Waals surface area (Å²) in [5.74, 6) is 0.397. The lowest BCUT2D eigenvalue weighted by atomic mass is 9.78. The van der Waals surface area contributed by atoms with E-state index < -0.39 is 0 Å². The van der Waals surface area contributed by atoms with E-state index in [4.69, 9.17) is 0 Å². The van der Waals surface area contributed by atoms with Crippen molar-refractivity contribution in [2.75, 3.05) is 26.7 Å². The number of nitrogens with one attached hydrogen (secondary N) is 1. The van der Waals surface area contributed by atoms with E-state index in [-0.39, 0.29) is 17.2 Å². The van der Waals surface area contributed by atoms with Gasteiger partial charge in [-0.2, -0.15) is 0 Å². The van der Waals surface area contributed by atoms with Crippen LogP contribution in [0.15, 0.2) is 30.5 Å². The van der Waals surface area contributed by atoms with E-state index in [0.717, 1.165) is 37.7 Å². The molecule has 0 aliphatic carbocycles. The first-order valence-corrected chi connectivity index (χ1v) is 9.17. The molecule has 1 atom stereocenters. The van der Waals surface area contributed by atoms with Crippen molar-refractivity contribution in [1.29, 1.82) is 0 Å². The van der Waals surface area contributed by atoms with Gasteiger partial charge in [-0.05, 0) is 37.3 Å². The quantitative estimate of drug-likeness (QED) is 0.934. The summed E-state index contributed by atoms with van der Waals surface area (Å²) < 4.78 is 0. The number of carbonyl (C=O) groups excluding carboxylic acids is 2. The third kappa shape index (κ3) is 2.81. The van der Waals surface area contributed by atoms with Crippen LogP contribution >= 0.6 is 0 Å². The Morgan fingerprint density at radius 3 is 2.96 bits per heavy atom. The summed E-state index contributed by atoms with van der Waals surface area (Å²) in [5, 5.41) is 1.19. The molecule has 2 fully saturated rings. The van der Waals surface area contributed by atoms with Gasteiger partial charge in [0.25, 0.3) is 0 Å². The summed E-state index contributed by atoms with van der Waals surface area (Å²) in [7, 11) is 1.88. The Labute approximate surface area is 148 Å². The second kappa shape index (κ2) is 6.21. The van der Waals surface area contributed by atoms with E-state index in [9.17, 15) is 9.59 Å². The highest BCUT2D eigenvalue weighted by molar-refractivity contribution is 5.87. The highest BCUT2D eigenvalue weighted by Gasteiger charge is 2.48. The molecule has 0 bridgehead atoms. The Bertz CT molecular complexity index is 812. The number of fused-ring (bicyclic) bond motifs is 1. The highest BCUT2D eigenvalue weighted by Crippen LogP contribution is 2.39. The fourth-order valence-corrected chi connectivity index (χ4v) is 4.47. The van der Waals surface area contributed by atoms with Crippen LogP contribution in [-0.2, 0) is 16.0 Å². The van der Waals surface area contributed by atoms with Gasteiger partial charge in [0, 0.05) is 50.2 Å². The average molecular weight is 339 g/mol. The third-order valence-corrected chi connectivity index (χ3v) is 5.94. The standard InChI is InChI=1S/C20H25N3O2/c1-22-11-4-9-20(19(22)25)10-12-23(14-20)18(24)8-7-15-13-21-17-6-3-2-5-16(15)17/h2-3,5-6,13,21H,4,7-12,14H2,1H3/t20-/m1/s1. The number of H-pyrrole nitrogens is 1. The monoisotopic (exact) mass is 339 g/mol. The lowest BCUT2D eigenvalue weighted by Gasteiger charge is -2.37. The number of para-hydroxylation sites is 1. The molecule has 3 heterocycles. The summed E-state index contributed by atoms with van der Waals surface area (Å²) in [6.45, 7) is 2.16. The molecule has 0 radical (unpaired) electrons. The number of carbonyl (C=O) groups is 2. The van der Waals surface area contributed by atoms with E-state index in [2.05, 4.69) is 17.1 Å². The van der Waals surface area contributed by atoms with Crippen molar-refractivity contribution in [2.24, 2.45) is 5.41 Å². The maximum absolute atomic E-state index is 12.7. The number of hydrogen-bond donors (Lipinski definition) is 1. The SMILES string of the molecule is CN1CCC[C@]2(CCN(C(=O)CCc3c[nH]c4ccccc34)C2)C1=O. The summed E-state index contributed by atoms with van der Waals surface area (Å²) >= 11 is 0. The minimum Gasteiger partial charge on any atom is -0.361 e. The van der Waals surface area contributed by atoms with Gasteiger partial charge in [-0.1, -0.05) is 18.2 Å². The maximum Gasteiger partial charge on any atom is 0.230 e. The lowest BCUT2D eigenvalue weighted by Crippen LogP contribution is -2.48. The first-order chi connectivity index (χ1) is 12.1. The average Bonchev–Trinajstić information content (AvgIpc) is 3.23. The van der Waals surface area contributed by atoms with E-state index in [1.165, 1.54) is 10.9 Å². The summed E-state index contributed by atoms with van der Waals surface area (Å²) in [6.07, 6.45) is 6.02. The molecule has 5 nitrogen and oxygen atoms in total. The highest BCUT2D eigenvalue weighted by atomic mass is 16.2. The van der Waals surface area contributed by atoms with E-state index in [1.54, 1.807) is 0 Å². The molecule has 2 aliphatic heterocycles. The zero-order valence-electron chi connectivity index (χ0n) is 14.8. The van der Waals surface area contributed by atoms with Crippen molar-refractivity contribution in [3.05, 3.63) is 36.0 Å². The first-order valence-electron chi connectivity index (χ1n) is 9.17. The minimum absolute atomic E-state index is 0.170. The van der Waals surface area contributed by atoms with Gasteiger partial charge >= 0.3 is 0 Å². The van der Waals surface area contributed by atoms with Crippen LogP contribution in [-0.4, -0.2) is 53.3 Å². The van der Waals surface area contributed by atoms with Crippen molar-refractivity contribution in [3.63, 3.8) is 0 Å². The topological polar surface area (TPSA) is 56.4 Å². The molecule has 2 aliphatic rings. The van der Waals surface area contributed by atoms with Crippen LogP contribution in [0.3, 0.4) is 0 Å². The zero-order chi connectivity index (χ0) is 17.4. The molecule has 0 saturated carbocycles. The van der Waals surface area contributed by atoms with Crippen LogP contribution in [0, 0.1) is 5.41 Å². The van der Waals surface area contributed by atoms with Crippen LogP contribution in [0.25, 0.3) is 10.9 Å². The van der Waals surface area contributed by atoms with Gasteiger partial charge in [0.05, 0.1) is 5.41 Å². The van der Waals surface area contributed by atoms with E-state index in [0.29, 0.717) is 19.5 Å². The predicted octanol–water partition coefficient (Wildman–Crippen LogP) is 2.57. The molecule has 132 valence electrons. The molecule has 1 aromatic carbocycles. The second-order valence-corrected chi connectivity index (χ2v) is 7.54. The summed E-state index contributed by atoms with van der Waals surface area (Å²) in [5.41, 5.74) is 1.98. The minimum atomic E-state index is -0.316. The molecule has 0 unspecified atom stereocenters. The number of hydrogen-bond acceptors (Lipinski definition) is 2. The van der Waals surface area contributed by atoms with Crippen molar-refractivity contribution in [3.8, 4) is 0 Å². The molecule has 2 amide bonds. The zero-order valence-corrected chi connectivity index (χ0v) is 14.8. The van der Waals surface area contributed by atoms with Crippen molar-refractivity contribution in [1.82, 2.24) is 14.8 Å². The first kappa shape index (κ1) is 16.2. The van der Waals surface area contributed by atoms with Gasteiger partial charge in [0.1, 0.15) is 0 Å². The van der Waals surface area contributed by atoms with E-state index >= 15 is 0 Å². The molecular weight excluding hydrogens is 314 g/mol. The fourth-order valence-electron chi connectivity index (χ4n) is 4.47. The number of aromatic amines is 1. The number of nitrogens with zero attached hydrogens (tertiary/aromatic N) is 2. The number of likely N-dealkylation sites (tertiary alicyclic amines) is 2. The summed E-state index contributed by atoms with van der Waals surface area (Å²) in [6, 6.07) is 8.18. The molecular formula is C20H25N3O2. The van der Waals surface area contributed by atoms with Crippen molar-refractivity contribution < 1.29 is 9.59 Å². The Balaban J connectivity index is 1.40. The van der Waals surface area contributed by atoms with Crippen LogP contribution in [0.2, 0.25) is 0 Å². The van der Waals surface area contributed by atoms with Gasteiger partial charge < -0.3 is 14.8 Å². The largest absolute Gasteiger partial charge is 0.361 e. The second-order valence-electron chi connectivity index (χ2n) is 7.54. The molecule has 4 rings (SSSR count). The normalized spacial score (nSPS) is 23.8. The molecule has 1 spiro atoms. The Morgan fingerprint density at radius 2 is 2.08 bits per heavy atom. The maximum atomic E-state index is 12.7. The molecule has 5 heteroatoms. The Kier molecular flexibility index (Phi) is 4.02. The predicted molar refractivity (Wildman–Crippen MR) is 97.1 cm³/mol. The third-order valence-electron chi connectivity index (χ3n) is 5.94. The number of piperidine rings is 1. The number of aryl methyl sites for hydroxylation is 1. The molecule has 2 aromatic rings. The van der Waals surface area contributed by atoms with Crippen LogP contribution in [0.4, 0.5) is 0 Å². The Hall–Kier alpha value is -2.30. The Morgan fingerprint density at radius 1 is 1.24 bits per heavy atom. The van der Waals surface area contributed by atoms with Crippen LogP contribution in [0.5, 0.6) is 0 Å². The number of benzene rings is 1. The van der Waals surface area contributed by atoms with Gasteiger partial charge in [-0.15, -0.1) is 0 Å². The van der Waals surface area contributed by atoms with Crippen LogP contribution < -0.4 is 0 Å². The molecule has 1 aromatic heterocycles.